The molecule has 0 aliphatic heterocycles. The lowest BCUT2D eigenvalue weighted by Crippen LogP contribution is -2.37. The average Bonchev–Trinajstić information content (AvgIpc) is 2.66. The number of carbonyl (C=O) groups excluding carboxylic acids is 1. The second-order valence-electron chi connectivity index (χ2n) is 10.5. The first-order chi connectivity index (χ1) is 14.9. The van der Waals surface area contributed by atoms with Gasteiger partial charge in [0.05, 0.1) is 24.7 Å². The third-order valence-corrected chi connectivity index (χ3v) is 7.26. The van der Waals surface area contributed by atoms with E-state index in [-0.39, 0.29) is 35.7 Å². The van der Waals surface area contributed by atoms with Gasteiger partial charge in [0.25, 0.3) is 0 Å². The highest BCUT2D eigenvalue weighted by atomic mass is 35.5. The van der Waals surface area contributed by atoms with Crippen LogP contribution in [0.5, 0.6) is 0 Å². The largest absolute Gasteiger partial charge is 0.466 e. The highest BCUT2D eigenvalue weighted by Crippen LogP contribution is 2.42. The zero-order valence-electron chi connectivity index (χ0n) is 20.6. The fourth-order valence-corrected chi connectivity index (χ4v) is 5.67. The SMILES string of the molecule is CCOC(=O)CC1(O)CCCC(C=CC(C(O[SiH](C)C)c2ccc(Cl)cc2)C(C)(C)C)C1. The van der Waals surface area contributed by atoms with Gasteiger partial charge in [-0.05, 0) is 74.7 Å². The lowest BCUT2D eigenvalue weighted by molar-refractivity contribution is -0.150. The Labute approximate surface area is 201 Å². The van der Waals surface area contributed by atoms with E-state index >= 15 is 0 Å². The molecule has 180 valence electrons. The smallest absolute Gasteiger partial charge is 0.308 e. The zero-order chi connectivity index (χ0) is 23.9. The molecule has 1 aromatic carbocycles. The van der Waals surface area contributed by atoms with Gasteiger partial charge >= 0.3 is 5.97 Å². The van der Waals surface area contributed by atoms with E-state index in [1.807, 2.05) is 12.1 Å². The molecule has 1 aromatic rings. The predicted octanol–water partition coefficient (Wildman–Crippen LogP) is 6.47. The van der Waals surface area contributed by atoms with E-state index in [2.05, 4.69) is 58.2 Å². The molecule has 4 unspecified atom stereocenters. The van der Waals surface area contributed by atoms with Crippen molar-refractivity contribution < 1.29 is 19.1 Å². The number of aliphatic hydroxyl groups is 1. The van der Waals surface area contributed by atoms with E-state index in [9.17, 15) is 9.90 Å². The van der Waals surface area contributed by atoms with Crippen molar-refractivity contribution in [1.82, 2.24) is 0 Å². The average molecular weight is 481 g/mol. The molecule has 4 atom stereocenters. The molecule has 6 heteroatoms. The summed E-state index contributed by atoms with van der Waals surface area (Å²) >= 11 is 6.13. The van der Waals surface area contributed by atoms with E-state index in [0.29, 0.717) is 19.4 Å². The van der Waals surface area contributed by atoms with Gasteiger partial charge in [-0.15, -0.1) is 0 Å². The molecule has 0 aromatic heterocycles. The quantitative estimate of drug-likeness (QED) is 0.250. The third-order valence-electron chi connectivity index (χ3n) is 6.17. The molecule has 2 rings (SSSR count). The molecule has 1 N–H and O–H groups in total. The van der Waals surface area contributed by atoms with Gasteiger partial charge in [0.2, 0.25) is 0 Å². The maximum absolute atomic E-state index is 12.0. The molecular formula is C26H41ClO4Si. The number of hydrogen-bond acceptors (Lipinski definition) is 4. The lowest BCUT2D eigenvalue weighted by Gasteiger charge is -2.38. The molecule has 1 aliphatic rings. The van der Waals surface area contributed by atoms with Crippen LogP contribution in [0.2, 0.25) is 18.1 Å². The van der Waals surface area contributed by atoms with E-state index in [0.717, 1.165) is 23.4 Å². The Hall–Kier alpha value is -1.14. The van der Waals surface area contributed by atoms with E-state index in [1.54, 1.807) is 6.92 Å². The zero-order valence-corrected chi connectivity index (χ0v) is 22.5. The topological polar surface area (TPSA) is 55.8 Å². The summed E-state index contributed by atoms with van der Waals surface area (Å²) in [5, 5.41) is 11.8. The van der Waals surface area contributed by atoms with Crippen molar-refractivity contribution in [1.29, 1.82) is 0 Å². The maximum atomic E-state index is 12.0. The maximum Gasteiger partial charge on any atom is 0.308 e. The molecule has 0 heterocycles. The Morgan fingerprint density at radius 2 is 1.97 bits per heavy atom. The normalized spacial score (nSPS) is 24.0. The van der Waals surface area contributed by atoms with Crippen LogP contribution in [0.3, 0.4) is 0 Å². The van der Waals surface area contributed by atoms with E-state index in [1.165, 1.54) is 0 Å². The minimum Gasteiger partial charge on any atom is -0.466 e. The third kappa shape index (κ3) is 8.33. The minimum atomic E-state index is -1.30. The summed E-state index contributed by atoms with van der Waals surface area (Å²) < 4.78 is 11.6. The Morgan fingerprint density at radius 3 is 2.53 bits per heavy atom. The van der Waals surface area contributed by atoms with Crippen LogP contribution in [0.1, 0.15) is 71.5 Å². The van der Waals surface area contributed by atoms with Crippen LogP contribution in [0, 0.1) is 17.3 Å². The first-order valence-corrected chi connectivity index (χ1v) is 15.1. The van der Waals surface area contributed by atoms with Crippen LogP contribution < -0.4 is 0 Å². The molecule has 1 saturated carbocycles. The molecule has 0 amide bonds. The molecule has 0 radical (unpaired) electrons. The summed E-state index contributed by atoms with van der Waals surface area (Å²) in [4.78, 5) is 12.0. The number of ether oxygens (including phenoxy) is 1. The summed E-state index contributed by atoms with van der Waals surface area (Å²) in [5.74, 6) is 0.0825. The van der Waals surface area contributed by atoms with Crippen LogP contribution in [-0.4, -0.2) is 32.3 Å². The van der Waals surface area contributed by atoms with Crippen LogP contribution in [0.4, 0.5) is 0 Å². The number of hydrogen-bond donors (Lipinski definition) is 1. The first-order valence-electron chi connectivity index (χ1n) is 11.9. The van der Waals surface area contributed by atoms with Gasteiger partial charge in [-0.1, -0.05) is 56.7 Å². The number of halogens is 1. The molecule has 1 aliphatic carbocycles. The van der Waals surface area contributed by atoms with Crippen LogP contribution in [-0.2, 0) is 14.0 Å². The highest BCUT2D eigenvalue weighted by molar-refractivity contribution is 6.48. The van der Waals surface area contributed by atoms with Gasteiger partial charge in [-0.3, -0.25) is 4.79 Å². The summed E-state index contributed by atoms with van der Waals surface area (Å²) in [7, 11) is -1.30. The number of benzene rings is 1. The Balaban J connectivity index is 2.24. The Kier molecular flexibility index (Phi) is 10.0. The van der Waals surface area contributed by atoms with Gasteiger partial charge in [0.15, 0.2) is 9.04 Å². The monoisotopic (exact) mass is 480 g/mol. The number of esters is 1. The number of rotatable bonds is 9. The second-order valence-corrected chi connectivity index (χ2v) is 13.3. The van der Waals surface area contributed by atoms with Crippen LogP contribution in [0.15, 0.2) is 36.4 Å². The Bertz CT molecular complexity index is 756. The summed E-state index contributed by atoms with van der Waals surface area (Å²) in [6.45, 7) is 13.3. The summed E-state index contributed by atoms with van der Waals surface area (Å²) in [5.41, 5.74) is 0.149. The minimum absolute atomic E-state index is 0.0139. The van der Waals surface area contributed by atoms with Crippen LogP contribution in [0.25, 0.3) is 0 Å². The Morgan fingerprint density at radius 1 is 1.31 bits per heavy atom. The fraction of sp³-hybridized carbons (Fsp3) is 0.654. The van der Waals surface area contributed by atoms with Crippen molar-refractivity contribution in [2.24, 2.45) is 17.3 Å². The predicted molar refractivity (Wildman–Crippen MR) is 134 cm³/mol. The van der Waals surface area contributed by atoms with Crippen LogP contribution >= 0.6 is 11.6 Å². The van der Waals surface area contributed by atoms with Crippen molar-refractivity contribution in [3.05, 3.63) is 47.0 Å². The van der Waals surface area contributed by atoms with E-state index in [4.69, 9.17) is 20.8 Å². The van der Waals surface area contributed by atoms with Crippen molar-refractivity contribution in [2.45, 2.75) is 84.6 Å². The molecule has 32 heavy (non-hydrogen) atoms. The van der Waals surface area contributed by atoms with Gasteiger partial charge in [0, 0.05) is 10.9 Å². The van der Waals surface area contributed by atoms with E-state index < -0.39 is 14.6 Å². The van der Waals surface area contributed by atoms with Gasteiger partial charge in [0.1, 0.15) is 0 Å². The van der Waals surface area contributed by atoms with Crippen molar-refractivity contribution in [3.8, 4) is 0 Å². The first kappa shape index (κ1) is 27.1. The number of allylic oxidation sites excluding steroid dienone is 1. The molecule has 0 bridgehead atoms. The number of carbonyl (C=O) groups is 1. The molecule has 1 fully saturated rings. The lowest BCUT2D eigenvalue weighted by atomic mass is 9.73. The second kappa shape index (κ2) is 11.8. The molecule has 0 spiro atoms. The van der Waals surface area contributed by atoms with Crippen molar-refractivity contribution in [3.63, 3.8) is 0 Å². The summed E-state index contributed by atoms with van der Waals surface area (Å²) in [6, 6.07) is 7.98. The fourth-order valence-electron chi connectivity index (χ4n) is 4.63. The standard InChI is InChI=1S/C26H41ClO4Si/c1-7-30-23(28)18-26(29)16-8-9-19(17-26)10-15-22(25(2,3)4)24(31-32(5)6)20-11-13-21(27)14-12-20/h10-15,19,22,24,29,32H,7-9,16-18H2,1-6H3. The molecule has 4 nitrogen and oxygen atoms in total. The van der Waals surface area contributed by atoms with Crippen molar-refractivity contribution >= 4 is 26.6 Å². The van der Waals surface area contributed by atoms with Gasteiger partial charge in [-0.2, -0.15) is 0 Å². The van der Waals surface area contributed by atoms with Crippen molar-refractivity contribution in [2.75, 3.05) is 6.61 Å². The van der Waals surface area contributed by atoms with Gasteiger partial charge in [-0.25, -0.2) is 0 Å². The summed E-state index contributed by atoms with van der Waals surface area (Å²) in [6.07, 6.45) is 7.72. The van der Waals surface area contributed by atoms with Gasteiger partial charge < -0.3 is 14.3 Å². The molecular weight excluding hydrogens is 440 g/mol. The molecule has 0 saturated heterocycles. The highest BCUT2D eigenvalue weighted by Gasteiger charge is 2.37.